The van der Waals surface area contributed by atoms with Crippen molar-refractivity contribution in [3.63, 3.8) is 0 Å². The van der Waals surface area contributed by atoms with Gasteiger partial charge in [0.05, 0.1) is 6.10 Å². The van der Waals surface area contributed by atoms with Crippen LogP contribution in [-0.2, 0) is 0 Å². The van der Waals surface area contributed by atoms with Crippen LogP contribution in [0.15, 0.2) is 23.0 Å². The second kappa shape index (κ2) is 4.45. The molecular formula is C12H16O3. The average Bonchev–Trinajstić information content (AvgIpc) is 2.27. The van der Waals surface area contributed by atoms with Crippen molar-refractivity contribution in [3.8, 4) is 5.75 Å². The Balaban J connectivity index is 3.45. The molecule has 15 heavy (non-hydrogen) atoms. The smallest absolute Gasteiger partial charge is 0.220 e. The Bertz CT molecular complexity index is 408. The molecule has 0 aliphatic carbocycles. The van der Waals surface area contributed by atoms with Gasteiger partial charge in [-0.15, -0.1) is 0 Å². The summed E-state index contributed by atoms with van der Waals surface area (Å²) in [5, 5.41) is 18.9. The van der Waals surface area contributed by atoms with E-state index in [9.17, 15) is 15.0 Å². The molecule has 1 atom stereocenters. The van der Waals surface area contributed by atoms with Crippen molar-refractivity contribution >= 4 is 0 Å². The van der Waals surface area contributed by atoms with Crippen LogP contribution in [0.2, 0.25) is 0 Å². The third-order valence-corrected chi connectivity index (χ3v) is 2.38. The summed E-state index contributed by atoms with van der Waals surface area (Å²) in [5.74, 6) is -0.150. The zero-order chi connectivity index (χ0) is 11.6. The minimum absolute atomic E-state index is 0.214. The van der Waals surface area contributed by atoms with E-state index in [1.54, 1.807) is 12.1 Å². The number of hydrogen-bond donors (Lipinski definition) is 2. The number of hydrogen-bond acceptors (Lipinski definition) is 3. The standard InChI is InChI=1S/C12H16O3/c1-7(2)9-4-5-10(8(3)13)12(15)11(14)6-9/h4-8,13H,1-3H3,(H,14,15). The number of rotatable bonds is 2. The van der Waals surface area contributed by atoms with Gasteiger partial charge in [-0.05, 0) is 24.5 Å². The molecule has 0 heterocycles. The Morgan fingerprint density at radius 3 is 2.27 bits per heavy atom. The second-order valence-electron chi connectivity index (χ2n) is 3.98. The Hall–Kier alpha value is -1.35. The lowest BCUT2D eigenvalue weighted by Gasteiger charge is -2.02. The van der Waals surface area contributed by atoms with Gasteiger partial charge in [-0.3, -0.25) is 4.79 Å². The van der Waals surface area contributed by atoms with E-state index >= 15 is 0 Å². The van der Waals surface area contributed by atoms with Crippen LogP contribution in [0.5, 0.6) is 5.75 Å². The Morgan fingerprint density at radius 2 is 1.80 bits per heavy atom. The van der Waals surface area contributed by atoms with Gasteiger partial charge >= 0.3 is 0 Å². The van der Waals surface area contributed by atoms with Crippen LogP contribution < -0.4 is 5.43 Å². The minimum Gasteiger partial charge on any atom is -0.504 e. The first-order valence-electron chi connectivity index (χ1n) is 4.98. The number of aliphatic hydroxyl groups is 1. The van der Waals surface area contributed by atoms with Crippen molar-refractivity contribution in [1.82, 2.24) is 0 Å². The third kappa shape index (κ3) is 2.57. The fourth-order valence-electron chi connectivity index (χ4n) is 1.37. The van der Waals surface area contributed by atoms with Crippen LogP contribution in [0.25, 0.3) is 0 Å². The summed E-state index contributed by atoms with van der Waals surface area (Å²) in [6.45, 7) is 5.45. The molecule has 0 aliphatic heterocycles. The van der Waals surface area contributed by atoms with Crippen LogP contribution >= 0.6 is 0 Å². The lowest BCUT2D eigenvalue weighted by atomic mass is 10.1. The topological polar surface area (TPSA) is 57.5 Å². The summed E-state index contributed by atoms with van der Waals surface area (Å²) in [6, 6.07) is 4.76. The Kier molecular flexibility index (Phi) is 3.48. The maximum atomic E-state index is 11.5. The first-order chi connectivity index (χ1) is 6.93. The van der Waals surface area contributed by atoms with Crippen molar-refractivity contribution in [2.45, 2.75) is 32.8 Å². The molecule has 1 aromatic rings. The summed E-state index contributed by atoms with van der Waals surface area (Å²) >= 11 is 0. The van der Waals surface area contributed by atoms with E-state index in [1.165, 1.54) is 13.0 Å². The van der Waals surface area contributed by atoms with E-state index in [2.05, 4.69) is 0 Å². The van der Waals surface area contributed by atoms with E-state index in [1.807, 2.05) is 13.8 Å². The van der Waals surface area contributed by atoms with Crippen LogP contribution in [-0.4, -0.2) is 10.2 Å². The third-order valence-electron chi connectivity index (χ3n) is 2.38. The molecule has 1 rings (SSSR count). The van der Waals surface area contributed by atoms with E-state index in [-0.39, 0.29) is 17.2 Å². The van der Waals surface area contributed by atoms with Crippen LogP contribution in [0, 0.1) is 0 Å². The Labute approximate surface area is 89.0 Å². The lowest BCUT2D eigenvalue weighted by molar-refractivity contribution is 0.195. The highest BCUT2D eigenvalue weighted by Gasteiger charge is 2.10. The van der Waals surface area contributed by atoms with Gasteiger partial charge in [-0.25, -0.2) is 0 Å². The van der Waals surface area contributed by atoms with Crippen molar-refractivity contribution in [3.05, 3.63) is 39.5 Å². The molecule has 0 aromatic heterocycles. The van der Waals surface area contributed by atoms with Crippen molar-refractivity contribution < 1.29 is 10.2 Å². The first-order valence-corrected chi connectivity index (χ1v) is 4.98. The van der Waals surface area contributed by atoms with Gasteiger partial charge in [0.1, 0.15) is 0 Å². The lowest BCUT2D eigenvalue weighted by Crippen LogP contribution is -2.00. The summed E-state index contributed by atoms with van der Waals surface area (Å²) < 4.78 is 0. The normalized spacial score (nSPS) is 12.9. The highest BCUT2D eigenvalue weighted by molar-refractivity contribution is 5.35. The molecule has 0 spiro atoms. The molecule has 0 saturated carbocycles. The predicted octanol–water partition coefficient (Wildman–Crippen LogP) is 1.93. The summed E-state index contributed by atoms with van der Waals surface area (Å²) in [5.41, 5.74) is 0.675. The molecule has 0 radical (unpaired) electrons. The fraction of sp³-hybridized carbons (Fsp3) is 0.417. The zero-order valence-electron chi connectivity index (χ0n) is 9.19. The highest BCUT2D eigenvalue weighted by atomic mass is 16.3. The molecule has 3 nitrogen and oxygen atoms in total. The largest absolute Gasteiger partial charge is 0.504 e. The van der Waals surface area contributed by atoms with E-state index in [4.69, 9.17) is 0 Å². The van der Waals surface area contributed by atoms with Gasteiger partial charge in [0.25, 0.3) is 0 Å². The predicted molar refractivity (Wildman–Crippen MR) is 59.1 cm³/mol. The van der Waals surface area contributed by atoms with Crippen molar-refractivity contribution in [2.75, 3.05) is 0 Å². The zero-order valence-corrected chi connectivity index (χ0v) is 9.19. The van der Waals surface area contributed by atoms with E-state index < -0.39 is 11.5 Å². The van der Waals surface area contributed by atoms with E-state index in [0.29, 0.717) is 0 Å². The molecule has 0 saturated heterocycles. The molecule has 0 fully saturated rings. The molecule has 1 unspecified atom stereocenters. The Morgan fingerprint density at radius 1 is 1.20 bits per heavy atom. The van der Waals surface area contributed by atoms with Crippen LogP contribution in [0.4, 0.5) is 0 Å². The minimum atomic E-state index is -0.842. The second-order valence-corrected chi connectivity index (χ2v) is 3.98. The average molecular weight is 208 g/mol. The monoisotopic (exact) mass is 208 g/mol. The quantitative estimate of drug-likeness (QED) is 0.780. The highest BCUT2D eigenvalue weighted by Crippen LogP contribution is 2.21. The summed E-state index contributed by atoms with van der Waals surface area (Å²) in [4.78, 5) is 11.5. The number of aliphatic hydroxyl groups excluding tert-OH is 1. The first kappa shape index (κ1) is 11.7. The molecule has 82 valence electrons. The van der Waals surface area contributed by atoms with E-state index in [0.717, 1.165) is 5.56 Å². The van der Waals surface area contributed by atoms with Gasteiger partial charge in [0.15, 0.2) is 5.75 Å². The maximum Gasteiger partial charge on any atom is 0.220 e. The van der Waals surface area contributed by atoms with Crippen molar-refractivity contribution in [1.29, 1.82) is 0 Å². The maximum absolute atomic E-state index is 11.5. The molecule has 3 heteroatoms. The molecule has 2 N–H and O–H groups in total. The fourth-order valence-corrected chi connectivity index (χ4v) is 1.37. The molecule has 0 amide bonds. The van der Waals surface area contributed by atoms with Gasteiger partial charge in [-0.1, -0.05) is 26.0 Å². The molecule has 0 bridgehead atoms. The molecular weight excluding hydrogens is 192 g/mol. The van der Waals surface area contributed by atoms with Crippen molar-refractivity contribution in [2.24, 2.45) is 0 Å². The molecule has 1 aromatic carbocycles. The summed E-state index contributed by atoms with van der Waals surface area (Å²) in [6.07, 6.45) is -0.842. The van der Waals surface area contributed by atoms with Gasteiger partial charge in [0.2, 0.25) is 5.43 Å². The molecule has 0 aliphatic rings. The van der Waals surface area contributed by atoms with Gasteiger partial charge in [-0.2, -0.15) is 0 Å². The van der Waals surface area contributed by atoms with Gasteiger partial charge in [0, 0.05) is 5.56 Å². The van der Waals surface area contributed by atoms with Gasteiger partial charge < -0.3 is 10.2 Å². The van der Waals surface area contributed by atoms with Crippen LogP contribution in [0.3, 0.4) is 0 Å². The van der Waals surface area contributed by atoms with Crippen LogP contribution in [0.1, 0.15) is 43.9 Å². The SMILES string of the molecule is CC(C)c1ccc(C(C)O)c(O)c(=O)c1. The number of aromatic hydroxyl groups is 1. The summed E-state index contributed by atoms with van der Waals surface area (Å²) in [7, 11) is 0.